The average Bonchev–Trinajstić information content (AvgIpc) is 2.75. The molecule has 4 rings (SSSR count). The van der Waals surface area contributed by atoms with Crippen molar-refractivity contribution in [3.05, 3.63) is 71.2 Å². The van der Waals surface area contributed by atoms with E-state index in [4.69, 9.17) is 0 Å². The van der Waals surface area contributed by atoms with Gasteiger partial charge in [-0.1, -0.05) is 24.3 Å². The van der Waals surface area contributed by atoms with Crippen molar-refractivity contribution in [1.29, 1.82) is 0 Å². The van der Waals surface area contributed by atoms with Crippen LogP contribution in [0, 0.1) is 10.1 Å². The normalized spacial score (nSPS) is 14.0. The second kappa shape index (κ2) is 7.87. The molecule has 2 aromatic heterocycles. The first-order valence-electron chi connectivity index (χ1n) is 8.95. The van der Waals surface area contributed by atoms with Gasteiger partial charge in [0, 0.05) is 38.1 Å². The Morgan fingerprint density at radius 3 is 2.29 bits per heavy atom. The van der Waals surface area contributed by atoms with Crippen LogP contribution in [0.15, 0.2) is 61.1 Å². The van der Waals surface area contributed by atoms with Gasteiger partial charge in [0.05, 0.1) is 4.92 Å². The van der Waals surface area contributed by atoms with Gasteiger partial charge in [0.15, 0.2) is 0 Å². The van der Waals surface area contributed by atoms with E-state index in [0.29, 0.717) is 32.0 Å². The lowest BCUT2D eigenvalue weighted by molar-refractivity contribution is -0.383. The number of nitrogens with zero attached hydrogens (tertiary/aromatic N) is 6. The highest BCUT2D eigenvalue weighted by Crippen LogP contribution is 2.34. The van der Waals surface area contributed by atoms with Crippen molar-refractivity contribution in [3.8, 4) is 0 Å². The fourth-order valence-corrected chi connectivity index (χ4v) is 3.21. The fraction of sp³-hybridized carbons (Fsp3) is 0.211. The van der Waals surface area contributed by atoms with E-state index in [9.17, 15) is 10.1 Å². The molecule has 9 heteroatoms. The van der Waals surface area contributed by atoms with Crippen molar-refractivity contribution >= 4 is 28.8 Å². The van der Waals surface area contributed by atoms with Gasteiger partial charge in [0.2, 0.25) is 11.6 Å². The quantitative estimate of drug-likeness (QED) is 0.535. The number of para-hydroxylation sites is 1. The van der Waals surface area contributed by atoms with Crippen LogP contribution in [0.5, 0.6) is 0 Å². The van der Waals surface area contributed by atoms with E-state index in [1.54, 1.807) is 6.20 Å². The van der Waals surface area contributed by atoms with E-state index < -0.39 is 4.92 Å². The first-order chi connectivity index (χ1) is 13.7. The highest BCUT2D eigenvalue weighted by atomic mass is 16.6. The van der Waals surface area contributed by atoms with Gasteiger partial charge in [-0.15, -0.1) is 0 Å². The van der Waals surface area contributed by atoms with Gasteiger partial charge in [0.25, 0.3) is 0 Å². The van der Waals surface area contributed by atoms with Crippen LogP contribution in [0.1, 0.15) is 0 Å². The summed E-state index contributed by atoms with van der Waals surface area (Å²) in [6, 6.07) is 15.0. The summed E-state index contributed by atoms with van der Waals surface area (Å²) in [5.41, 5.74) is 0.618. The molecule has 0 saturated carbocycles. The highest BCUT2D eigenvalue weighted by Gasteiger charge is 2.29. The summed E-state index contributed by atoms with van der Waals surface area (Å²) in [7, 11) is 0. The average molecular weight is 377 g/mol. The van der Waals surface area contributed by atoms with E-state index in [-0.39, 0.29) is 11.5 Å². The number of anilines is 4. The maximum atomic E-state index is 11.8. The molecule has 1 N–H and O–H groups in total. The number of nitro groups is 1. The van der Waals surface area contributed by atoms with Crippen molar-refractivity contribution in [2.45, 2.75) is 0 Å². The molecule has 3 aromatic rings. The summed E-state index contributed by atoms with van der Waals surface area (Å²) < 4.78 is 0. The lowest BCUT2D eigenvalue weighted by atomic mass is 10.2. The van der Waals surface area contributed by atoms with Gasteiger partial charge in [-0.3, -0.25) is 10.1 Å². The Hall–Kier alpha value is -3.75. The van der Waals surface area contributed by atoms with Gasteiger partial charge in [-0.05, 0) is 24.3 Å². The zero-order valence-corrected chi connectivity index (χ0v) is 15.1. The standard InChI is InChI=1S/C19H19N7O2/c27-26(28)17-18(23-15-6-2-1-3-7-15)21-14-22-19(17)25-12-10-24(11-13-25)16-8-4-5-9-20-16/h1-9,14H,10-13H2,(H,21,22,23). The molecule has 1 aliphatic heterocycles. The van der Waals surface area contributed by atoms with Gasteiger partial charge in [-0.25, -0.2) is 15.0 Å². The van der Waals surface area contributed by atoms with Crippen LogP contribution in [0.3, 0.4) is 0 Å². The molecule has 0 aliphatic carbocycles. The van der Waals surface area contributed by atoms with Crippen LogP contribution in [-0.2, 0) is 0 Å². The Morgan fingerprint density at radius 2 is 1.61 bits per heavy atom. The molecule has 0 amide bonds. The van der Waals surface area contributed by atoms with Crippen LogP contribution >= 0.6 is 0 Å². The highest BCUT2D eigenvalue weighted by molar-refractivity contribution is 5.74. The number of pyridine rings is 1. The minimum Gasteiger partial charge on any atom is -0.353 e. The SMILES string of the molecule is O=[N+]([O-])c1c(Nc2ccccc2)ncnc1N1CCN(c2ccccn2)CC1. The Labute approximate surface area is 161 Å². The predicted octanol–water partition coefficient (Wildman–Crippen LogP) is 2.85. The summed E-state index contributed by atoms with van der Waals surface area (Å²) >= 11 is 0. The Balaban J connectivity index is 1.56. The van der Waals surface area contributed by atoms with Crippen LogP contribution in [0.4, 0.5) is 28.8 Å². The zero-order chi connectivity index (χ0) is 19.3. The van der Waals surface area contributed by atoms with Crippen LogP contribution in [0.25, 0.3) is 0 Å². The maximum Gasteiger partial charge on any atom is 0.353 e. The molecule has 1 saturated heterocycles. The number of rotatable bonds is 5. The second-order valence-corrected chi connectivity index (χ2v) is 6.30. The summed E-state index contributed by atoms with van der Waals surface area (Å²) in [4.78, 5) is 28.2. The molecule has 1 aromatic carbocycles. The molecule has 0 radical (unpaired) electrons. The fourth-order valence-electron chi connectivity index (χ4n) is 3.21. The zero-order valence-electron chi connectivity index (χ0n) is 15.1. The number of nitrogens with one attached hydrogen (secondary N) is 1. The smallest absolute Gasteiger partial charge is 0.353 e. The van der Waals surface area contributed by atoms with Gasteiger partial charge >= 0.3 is 5.69 Å². The van der Waals surface area contributed by atoms with E-state index in [0.717, 1.165) is 11.5 Å². The van der Waals surface area contributed by atoms with E-state index >= 15 is 0 Å². The Bertz CT molecular complexity index is 945. The van der Waals surface area contributed by atoms with Crippen molar-refractivity contribution in [2.75, 3.05) is 41.3 Å². The summed E-state index contributed by atoms with van der Waals surface area (Å²) in [6.07, 6.45) is 3.12. The molecule has 0 spiro atoms. The summed E-state index contributed by atoms with van der Waals surface area (Å²) in [5.74, 6) is 1.43. The number of piperazine rings is 1. The molecule has 9 nitrogen and oxygen atoms in total. The summed E-state index contributed by atoms with van der Waals surface area (Å²) in [6.45, 7) is 2.64. The minimum atomic E-state index is -0.425. The number of hydrogen-bond donors (Lipinski definition) is 1. The summed E-state index contributed by atoms with van der Waals surface area (Å²) in [5, 5.41) is 14.8. The third-order valence-corrected chi connectivity index (χ3v) is 4.57. The lowest BCUT2D eigenvalue weighted by Crippen LogP contribution is -2.47. The van der Waals surface area contributed by atoms with Crippen molar-refractivity contribution in [3.63, 3.8) is 0 Å². The van der Waals surface area contributed by atoms with Gasteiger partial charge in [0.1, 0.15) is 12.1 Å². The molecular weight excluding hydrogens is 358 g/mol. The third-order valence-electron chi connectivity index (χ3n) is 4.57. The van der Waals surface area contributed by atoms with E-state index in [2.05, 4.69) is 25.2 Å². The second-order valence-electron chi connectivity index (χ2n) is 6.30. The topological polar surface area (TPSA) is 100 Å². The molecule has 28 heavy (non-hydrogen) atoms. The monoisotopic (exact) mass is 377 g/mol. The molecule has 3 heterocycles. The van der Waals surface area contributed by atoms with Crippen LogP contribution < -0.4 is 15.1 Å². The van der Waals surface area contributed by atoms with E-state index in [1.165, 1.54) is 6.33 Å². The van der Waals surface area contributed by atoms with Crippen molar-refractivity contribution in [1.82, 2.24) is 15.0 Å². The molecular formula is C19H19N7O2. The molecule has 0 bridgehead atoms. The first kappa shape index (κ1) is 17.7. The molecule has 0 unspecified atom stereocenters. The number of aromatic nitrogens is 3. The Morgan fingerprint density at radius 1 is 0.893 bits per heavy atom. The van der Waals surface area contributed by atoms with Gasteiger partial charge < -0.3 is 15.1 Å². The number of hydrogen-bond acceptors (Lipinski definition) is 8. The molecule has 1 aliphatic rings. The third kappa shape index (κ3) is 3.68. The maximum absolute atomic E-state index is 11.8. The number of benzene rings is 1. The van der Waals surface area contributed by atoms with Crippen molar-refractivity contribution in [2.24, 2.45) is 0 Å². The predicted molar refractivity (Wildman–Crippen MR) is 107 cm³/mol. The Kier molecular flexibility index (Phi) is 4.96. The van der Waals surface area contributed by atoms with Crippen LogP contribution in [0.2, 0.25) is 0 Å². The first-order valence-corrected chi connectivity index (χ1v) is 8.95. The molecule has 142 valence electrons. The van der Waals surface area contributed by atoms with Gasteiger partial charge in [-0.2, -0.15) is 0 Å². The minimum absolute atomic E-state index is 0.113. The largest absolute Gasteiger partial charge is 0.353 e. The van der Waals surface area contributed by atoms with E-state index in [1.807, 2.05) is 53.4 Å². The van der Waals surface area contributed by atoms with Crippen LogP contribution in [-0.4, -0.2) is 46.1 Å². The van der Waals surface area contributed by atoms with Crippen molar-refractivity contribution < 1.29 is 4.92 Å². The lowest BCUT2D eigenvalue weighted by Gasteiger charge is -2.35. The molecule has 0 atom stereocenters. The molecule has 1 fully saturated rings.